The smallest absolute Gasteiger partial charge is 0.191 e. The molecule has 0 spiro atoms. The Morgan fingerprint density at radius 2 is 2.19 bits per heavy atom. The van der Waals surface area contributed by atoms with Crippen molar-refractivity contribution < 1.29 is 9.13 Å². The van der Waals surface area contributed by atoms with Crippen molar-refractivity contribution in [2.45, 2.75) is 23.8 Å². The quantitative estimate of drug-likeness (QED) is 0.366. The number of guanidine groups is 1. The van der Waals surface area contributed by atoms with E-state index in [1.165, 1.54) is 12.1 Å². The Morgan fingerprint density at radius 3 is 2.86 bits per heavy atom. The third-order valence-corrected chi connectivity index (χ3v) is 4.24. The van der Waals surface area contributed by atoms with Crippen molar-refractivity contribution in [2.24, 2.45) is 4.99 Å². The van der Waals surface area contributed by atoms with Crippen molar-refractivity contribution in [1.29, 1.82) is 0 Å². The van der Waals surface area contributed by atoms with E-state index in [4.69, 9.17) is 4.74 Å². The number of thioether (sulfide) groups is 1. The molecule has 2 N–H and O–H groups in total. The van der Waals surface area contributed by atoms with Gasteiger partial charge in [0.25, 0.3) is 0 Å². The number of benzene rings is 1. The molecule has 6 heteroatoms. The molecule has 0 amide bonds. The van der Waals surface area contributed by atoms with Gasteiger partial charge in [-0.25, -0.2) is 4.39 Å². The van der Waals surface area contributed by atoms with Crippen LogP contribution in [0.4, 0.5) is 4.39 Å². The SMILES string of the molecule is CN=C(NCCSc1ccc(F)cc1)NCC1CCCO1. The van der Waals surface area contributed by atoms with Crippen LogP contribution in [0.1, 0.15) is 12.8 Å². The van der Waals surface area contributed by atoms with Gasteiger partial charge < -0.3 is 15.4 Å². The molecule has 1 fully saturated rings. The molecule has 1 aliphatic rings. The van der Waals surface area contributed by atoms with E-state index in [0.29, 0.717) is 6.10 Å². The lowest BCUT2D eigenvalue weighted by atomic mass is 10.2. The number of hydrogen-bond acceptors (Lipinski definition) is 3. The van der Waals surface area contributed by atoms with Gasteiger partial charge in [-0.15, -0.1) is 11.8 Å². The van der Waals surface area contributed by atoms with Crippen molar-refractivity contribution in [1.82, 2.24) is 10.6 Å². The minimum atomic E-state index is -0.198. The molecule has 0 bridgehead atoms. The molecule has 1 aliphatic heterocycles. The van der Waals surface area contributed by atoms with Gasteiger partial charge in [0, 0.05) is 37.4 Å². The van der Waals surface area contributed by atoms with E-state index in [1.54, 1.807) is 30.9 Å². The van der Waals surface area contributed by atoms with Crippen LogP contribution in [0, 0.1) is 5.82 Å². The number of nitrogens with one attached hydrogen (secondary N) is 2. The Balaban J connectivity index is 1.60. The summed E-state index contributed by atoms with van der Waals surface area (Å²) in [7, 11) is 1.76. The predicted octanol–water partition coefficient (Wildman–Crippen LogP) is 2.26. The molecule has 1 unspecified atom stereocenters. The van der Waals surface area contributed by atoms with Crippen LogP contribution in [0.25, 0.3) is 0 Å². The highest BCUT2D eigenvalue weighted by atomic mass is 32.2. The zero-order chi connectivity index (χ0) is 14.9. The number of ether oxygens (including phenoxy) is 1. The van der Waals surface area contributed by atoms with E-state index < -0.39 is 0 Å². The molecule has 4 nitrogen and oxygen atoms in total. The Morgan fingerprint density at radius 1 is 1.38 bits per heavy atom. The van der Waals surface area contributed by atoms with Crippen LogP contribution >= 0.6 is 11.8 Å². The first-order valence-electron chi connectivity index (χ1n) is 7.22. The van der Waals surface area contributed by atoms with Gasteiger partial charge >= 0.3 is 0 Å². The van der Waals surface area contributed by atoms with E-state index >= 15 is 0 Å². The maximum atomic E-state index is 12.8. The van der Waals surface area contributed by atoms with Crippen molar-refractivity contribution in [3.05, 3.63) is 30.1 Å². The molecule has 1 aromatic carbocycles. The Hall–Kier alpha value is -1.27. The van der Waals surface area contributed by atoms with E-state index in [1.807, 2.05) is 0 Å². The van der Waals surface area contributed by atoms with Gasteiger partial charge in [0.2, 0.25) is 0 Å². The first-order valence-corrected chi connectivity index (χ1v) is 8.21. The van der Waals surface area contributed by atoms with E-state index in [9.17, 15) is 4.39 Å². The number of nitrogens with zero attached hydrogens (tertiary/aromatic N) is 1. The molecule has 1 heterocycles. The summed E-state index contributed by atoms with van der Waals surface area (Å²) in [5, 5.41) is 6.54. The predicted molar refractivity (Wildman–Crippen MR) is 85.5 cm³/mol. The van der Waals surface area contributed by atoms with Crippen LogP contribution in [0.5, 0.6) is 0 Å². The molecular weight excluding hydrogens is 289 g/mol. The molecule has 1 aromatic rings. The molecule has 1 saturated heterocycles. The standard InChI is InChI=1S/C15H22FN3OS/c1-17-15(19-11-13-3-2-9-20-13)18-8-10-21-14-6-4-12(16)5-7-14/h4-7,13H,2-3,8-11H2,1H3,(H2,17,18,19). The monoisotopic (exact) mass is 311 g/mol. The molecule has 0 aromatic heterocycles. The third kappa shape index (κ3) is 5.93. The van der Waals surface area contributed by atoms with Crippen LogP contribution in [-0.4, -0.2) is 44.6 Å². The summed E-state index contributed by atoms with van der Waals surface area (Å²) in [5.41, 5.74) is 0. The summed E-state index contributed by atoms with van der Waals surface area (Å²) in [6, 6.07) is 6.56. The summed E-state index contributed by atoms with van der Waals surface area (Å²) in [6.07, 6.45) is 2.56. The lowest BCUT2D eigenvalue weighted by Crippen LogP contribution is -2.41. The average Bonchev–Trinajstić information content (AvgIpc) is 3.02. The summed E-state index contributed by atoms with van der Waals surface area (Å²) >= 11 is 1.69. The molecule has 21 heavy (non-hydrogen) atoms. The van der Waals surface area contributed by atoms with E-state index in [2.05, 4.69) is 15.6 Å². The number of aliphatic imine (C=N–C) groups is 1. The highest BCUT2D eigenvalue weighted by molar-refractivity contribution is 7.99. The summed E-state index contributed by atoms with van der Waals surface area (Å²) in [5.74, 6) is 1.49. The maximum Gasteiger partial charge on any atom is 0.191 e. The zero-order valence-corrected chi connectivity index (χ0v) is 13.1. The van der Waals surface area contributed by atoms with Crippen LogP contribution in [0.15, 0.2) is 34.2 Å². The van der Waals surface area contributed by atoms with Gasteiger partial charge in [-0.3, -0.25) is 4.99 Å². The Bertz CT molecular complexity index is 447. The van der Waals surface area contributed by atoms with Crippen molar-refractivity contribution in [3.8, 4) is 0 Å². The van der Waals surface area contributed by atoms with Crippen molar-refractivity contribution >= 4 is 17.7 Å². The average molecular weight is 311 g/mol. The highest BCUT2D eigenvalue weighted by Crippen LogP contribution is 2.17. The first-order chi connectivity index (χ1) is 10.3. The first kappa shape index (κ1) is 16.1. The maximum absolute atomic E-state index is 12.8. The molecule has 0 aliphatic carbocycles. The molecule has 1 atom stereocenters. The molecule has 2 rings (SSSR count). The fourth-order valence-electron chi connectivity index (χ4n) is 2.11. The van der Waals surface area contributed by atoms with E-state index in [0.717, 1.165) is 49.1 Å². The Labute approximate surface area is 129 Å². The largest absolute Gasteiger partial charge is 0.376 e. The van der Waals surface area contributed by atoms with Crippen LogP contribution in [-0.2, 0) is 4.74 Å². The summed E-state index contributed by atoms with van der Waals surface area (Å²) in [4.78, 5) is 5.26. The zero-order valence-electron chi connectivity index (χ0n) is 12.3. The Kier molecular flexibility index (Phi) is 6.82. The second kappa shape index (κ2) is 8.89. The van der Waals surface area contributed by atoms with Crippen LogP contribution in [0.2, 0.25) is 0 Å². The van der Waals surface area contributed by atoms with Gasteiger partial charge in [-0.1, -0.05) is 0 Å². The topological polar surface area (TPSA) is 45.7 Å². The van der Waals surface area contributed by atoms with Crippen molar-refractivity contribution in [2.75, 3.05) is 32.5 Å². The van der Waals surface area contributed by atoms with Crippen LogP contribution < -0.4 is 10.6 Å². The molecule has 116 valence electrons. The normalized spacial score (nSPS) is 18.8. The van der Waals surface area contributed by atoms with Crippen molar-refractivity contribution in [3.63, 3.8) is 0 Å². The number of halogens is 1. The van der Waals surface area contributed by atoms with E-state index in [-0.39, 0.29) is 5.82 Å². The third-order valence-electron chi connectivity index (χ3n) is 3.22. The number of rotatable bonds is 6. The highest BCUT2D eigenvalue weighted by Gasteiger charge is 2.15. The van der Waals surface area contributed by atoms with Gasteiger partial charge in [0.05, 0.1) is 6.10 Å². The molecular formula is C15H22FN3OS. The minimum absolute atomic E-state index is 0.198. The minimum Gasteiger partial charge on any atom is -0.376 e. The molecule has 0 radical (unpaired) electrons. The van der Waals surface area contributed by atoms with Crippen LogP contribution in [0.3, 0.4) is 0 Å². The molecule has 0 saturated carbocycles. The van der Waals surface area contributed by atoms with Gasteiger partial charge in [-0.2, -0.15) is 0 Å². The van der Waals surface area contributed by atoms with Gasteiger partial charge in [0.1, 0.15) is 5.82 Å². The lowest BCUT2D eigenvalue weighted by molar-refractivity contribution is 0.114. The second-order valence-electron chi connectivity index (χ2n) is 4.82. The second-order valence-corrected chi connectivity index (χ2v) is 5.99. The fraction of sp³-hybridized carbons (Fsp3) is 0.533. The number of hydrogen-bond donors (Lipinski definition) is 2. The summed E-state index contributed by atoms with van der Waals surface area (Å²) < 4.78 is 18.3. The van der Waals surface area contributed by atoms with Gasteiger partial charge in [-0.05, 0) is 37.1 Å². The lowest BCUT2D eigenvalue weighted by Gasteiger charge is -2.14. The fourth-order valence-corrected chi connectivity index (χ4v) is 2.87. The summed E-state index contributed by atoms with van der Waals surface area (Å²) in [6.45, 7) is 2.46. The van der Waals surface area contributed by atoms with Gasteiger partial charge in [0.15, 0.2) is 5.96 Å².